The van der Waals surface area contributed by atoms with Crippen LogP contribution in [-0.4, -0.2) is 43.4 Å². The average molecular weight is 266 g/mol. The average Bonchev–Trinajstić information content (AvgIpc) is 2.87. The van der Waals surface area contributed by atoms with Crippen LogP contribution in [0.3, 0.4) is 0 Å². The lowest BCUT2D eigenvalue weighted by Crippen LogP contribution is -2.40. The summed E-state index contributed by atoms with van der Waals surface area (Å²) in [6, 6.07) is 3.09. The molecule has 0 saturated carbocycles. The lowest BCUT2D eigenvalue weighted by molar-refractivity contribution is -0.00624. The van der Waals surface area contributed by atoms with Crippen molar-refractivity contribution in [2.45, 2.75) is 12.0 Å². The Balaban J connectivity index is 2.10. The maximum atomic E-state index is 11.1. The quantitative estimate of drug-likeness (QED) is 0.690. The second-order valence-electron chi connectivity index (χ2n) is 4.54. The molecule has 2 heterocycles. The van der Waals surface area contributed by atoms with E-state index in [9.17, 15) is 4.79 Å². The monoisotopic (exact) mass is 266 g/mol. The molecule has 1 atom stereocenters. The summed E-state index contributed by atoms with van der Waals surface area (Å²) < 4.78 is 10.8. The summed E-state index contributed by atoms with van der Waals surface area (Å²) in [4.78, 5) is 15.2. The lowest BCUT2D eigenvalue weighted by atomic mass is 10.0. The number of rotatable bonds is 5. The van der Waals surface area contributed by atoms with Crippen LogP contribution in [0.5, 0.6) is 0 Å². The van der Waals surface area contributed by atoms with Crippen LogP contribution in [0.25, 0.3) is 0 Å². The lowest BCUT2D eigenvalue weighted by Gasteiger charge is -2.26. The molecule has 1 aliphatic heterocycles. The highest BCUT2D eigenvalue weighted by Gasteiger charge is 2.34. The molecule has 1 saturated heterocycles. The van der Waals surface area contributed by atoms with Gasteiger partial charge in [-0.3, -0.25) is 4.79 Å². The van der Waals surface area contributed by atoms with Crippen molar-refractivity contribution >= 4 is 17.4 Å². The minimum absolute atomic E-state index is 0.172. The molecule has 2 rings (SSSR count). The number of nitrogens with one attached hydrogen (secondary N) is 1. The van der Waals surface area contributed by atoms with E-state index in [1.165, 1.54) is 6.07 Å². The maximum Gasteiger partial charge on any atom is 0.267 e. The van der Waals surface area contributed by atoms with E-state index >= 15 is 0 Å². The fraction of sp³-hybridized carbons (Fsp3) is 0.500. The molecule has 104 valence electrons. The van der Waals surface area contributed by atoms with Crippen LogP contribution in [0.4, 0.5) is 11.5 Å². The minimum atomic E-state index is -0.589. The first-order valence-electron chi connectivity index (χ1n) is 5.99. The van der Waals surface area contributed by atoms with E-state index in [4.69, 9.17) is 20.9 Å². The SMILES string of the molecule is COC1(CNc2nc(C(N)=O)ccc2N)CCOC1. The van der Waals surface area contributed by atoms with Gasteiger partial charge in [0, 0.05) is 26.7 Å². The summed E-state index contributed by atoms with van der Waals surface area (Å²) in [7, 11) is 1.65. The Morgan fingerprint density at radius 1 is 1.63 bits per heavy atom. The van der Waals surface area contributed by atoms with Crippen LogP contribution in [-0.2, 0) is 9.47 Å². The molecule has 1 amide bonds. The predicted octanol–water partition coefficient (Wildman–Crippen LogP) is -0.0199. The molecule has 5 N–H and O–H groups in total. The Bertz CT molecular complexity index is 472. The van der Waals surface area contributed by atoms with Crippen molar-refractivity contribution in [2.24, 2.45) is 5.73 Å². The summed E-state index contributed by atoms with van der Waals surface area (Å²) in [6.45, 7) is 1.69. The minimum Gasteiger partial charge on any atom is -0.396 e. The summed E-state index contributed by atoms with van der Waals surface area (Å²) >= 11 is 0. The number of carbonyl (C=O) groups excluding carboxylic acids is 1. The van der Waals surface area contributed by atoms with Gasteiger partial charge in [0.1, 0.15) is 17.1 Å². The number of carbonyl (C=O) groups is 1. The van der Waals surface area contributed by atoms with Gasteiger partial charge < -0.3 is 26.3 Å². The number of nitrogen functional groups attached to an aromatic ring is 1. The molecule has 7 nitrogen and oxygen atoms in total. The molecular weight excluding hydrogens is 248 g/mol. The topological polar surface area (TPSA) is 112 Å². The molecule has 0 radical (unpaired) electrons. The summed E-state index contributed by atoms with van der Waals surface area (Å²) in [5.74, 6) is -0.159. The highest BCUT2D eigenvalue weighted by atomic mass is 16.5. The molecule has 19 heavy (non-hydrogen) atoms. The molecule has 1 aromatic heterocycles. The number of amides is 1. The van der Waals surface area contributed by atoms with E-state index in [2.05, 4.69) is 10.3 Å². The largest absolute Gasteiger partial charge is 0.396 e. The van der Waals surface area contributed by atoms with Gasteiger partial charge in [0.25, 0.3) is 5.91 Å². The van der Waals surface area contributed by atoms with Gasteiger partial charge >= 0.3 is 0 Å². The van der Waals surface area contributed by atoms with Crippen molar-refractivity contribution < 1.29 is 14.3 Å². The summed E-state index contributed by atoms with van der Waals surface area (Å²) in [5, 5.41) is 3.09. The van der Waals surface area contributed by atoms with Gasteiger partial charge in [-0.1, -0.05) is 0 Å². The van der Waals surface area contributed by atoms with E-state index in [0.717, 1.165) is 6.42 Å². The fourth-order valence-electron chi connectivity index (χ4n) is 1.95. The molecule has 0 aromatic carbocycles. The number of pyridine rings is 1. The Labute approximate surface area is 111 Å². The van der Waals surface area contributed by atoms with Crippen molar-refractivity contribution in [3.8, 4) is 0 Å². The first-order valence-corrected chi connectivity index (χ1v) is 5.99. The summed E-state index contributed by atoms with van der Waals surface area (Å²) in [6.07, 6.45) is 0.798. The Kier molecular flexibility index (Phi) is 3.87. The Hall–Kier alpha value is -1.86. The fourth-order valence-corrected chi connectivity index (χ4v) is 1.95. The first kappa shape index (κ1) is 13.6. The number of methoxy groups -OCH3 is 1. The highest BCUT2D eigenvalue weighted by Crippen LogP contribution is 2.24. The van der Waals surface area contributed by atoms with E-state index < -0.39 is 5.91 Å². The molecule has 0 aliphatic carbocycles. The smallest absolute Gasteiger partial charge is 0.267 e. The van der Waals surface area contributed by atoms with Gasteiger partial charge in [0.05, 0.1) is 12.3 Å². The number of ether oxygens (including phenoxy) is 2. The maximum absolute atomic E-state index is 11.1. The molecule has 1 fully saturated rings. The summed E-state index contributed by atoms with van der Waals surface area (Å²) in [5.41, 5.74) is 11.2. The number of nitrogens with zero attached hydrogens (tertiary/aromatic N) is 1. The van der Waals surface area contributed by atoms with Gasteiger partial charge in [-0.25, -0.2) is 4.98 Å². The third-order valence-electron chi connectivity index (χ3n) is 3.26. The molecule has 0 spiro atoms. The van der Waals surface area contributed by atoms with Gasteiger partial charge in [0.15, 0.2) is 0 Å². The highest BCUT2D eigenvalue weighted by molar-refractivity contribution is 5.91. The Morgan fingerprint density at radius 2 is 2.42 bits per heavy atom. The van der Waals surface area contributed by atoms with Crippen LogP contribution in [0.1, 0.15) is 16.9 Å². The number of aromatic nitrogens is 1. The van der Waals surface area contributed by atoms with E-state index in [1.807, 2.05) is 0 Å². The zero-order chi connectivity index (χ0) is 13.9. The van der Waals surface area contributed by atoms with Gasteiger partial charge in [-0.15, -0.1) is 0 Å². The Morgan fingerprint density at radius 3 is 3.00 bits per heavy atom. The van der Waals surface area contributed by atoms with Crippen LogP contribution < -0.4 is 16.8 Å². The number of nitrogens with two attached hydrogens (primary N) is 2. The van der Waals surface area contributed by atoms with Crippen molar-refractivity contribution in [3.05, 3.63) is 17.8 Å². The third-order valence-corrected chi connectivity index (χ3v) is 3.26. The molecule has 0 bridgehead atoms. The number of hydrogen-bond donors (Lipinski definition) is 3. The molecule has 1 aromatic rings. The van der Waals surface area contributed by atoms with Crippen LogP contribution in [0.2, 0.25) is 0 Å². The van der Waals surface area contributed by atoms with Crippen molar-refractivity contribution in [2.75, 3.05) is 37.9 Å². The first-order chi connectivity index (χ1) is 9.06. The normalized spacial score (nSPS) is 22.4. The molecular formula is C12H18N4O3. The number of anilines is 2. The zero-order valence-corrected chi connectivity index (χ0v) is 10.8. The standard InChI is InChI=1S/C12H18N4O3/c1-18-12(4-5-19-7-12)6-15-11-8(13)2-3-9(16-11)10(14)17/h2-3H,4-7,13H2,1H3,(H2,14,17)(H,15,16). The predicted molar refractivity (Wildman–Crippen MR) is 70.8 cm³/mol. The van der Waals surface area contributed by atoms with E-state index in [-0.39, 0.29) is 11.3 Å². The van der Waals surface area contributed by atoms with Crippen molar-refractivity contribution in [1.29, 1.82) is 0 Å². The molecule has 1 aliphatic rings. The van der Waals surface area contributed by atoms with Gasteiger partial charge in [0.2, 0.25) is 0 Å². The second kappa shape index (κ2) is 5.41. The van der Waals surface area contributed by atoms with Crippen LogP contribution >= 0.6 is 0 Å². The number of hydrogen-bond acceptors (Lipinski definition) is 6. The van der Waals surface area contributed by atoms with Crippen LogP contribution in [0.15, 0.2) is 12.1 Å². The van der Waals surface area contributed by atoms with Gasteiger partial charge in [-0.05, 0) is 12.1 Å². The van der Waals surface area contributed by atoms with E-state index in [1.54, 1.807) is 13.2 Å². The third kappa shape index (κ3) is 2.94. The second-order valence-corrected chi connectivity index (χ2v) is 4.54. The number of primary amides is 1. The van der Waals surface area contributed by atoms with Crippen molar-refractivity contribution in [3.63, 3.8) is 0 Å². The molecule has 7 heteroatoms. The van der Waals surface area contributed by atoms with E-state index in [0.29, 0.717) is 31.3 Å². The van der Waals surface area contributed by atoms with Crippen molar-refractivity contribution in [1.82, 2.24) is 4.98 Å². The molecule has 1 unspecified atom stereocenters. The van der Waals surface area contributed by atoms with Gasteiger partial charge in [-0.2, -0.15) is 0 Å². The zero-order valence-electron chi connectivity index (χ0n) is 10.8. The van der Waals surface area contributed by atoms with Crippen LogP contribution in [0, 0.1) is 0 Å².